The van der Waals surface area contributed by atoms with E-state index in [0.717, 1.165) is 37.9 Å². The van der Waals surface area contributed by atoms with Crippen LogP contribution in [0.3, 0.4) is 0 Å². The summed E-state index contributed by atoms with van der Waals surface area (Å²) in [5.74, 6) is 0.652. The van der Waals surface area contributed by atoms with Crippen LogP contribution in [0.2, 0.25) is 0 Å². The first-order valence-electron chi connectivity index (χ1n) is 7.09. The lowest BCUT2D eigenvalue weighted by molar-refractivity contribution is 0.138. The molecule has 4 nitrogen and oxygen atoms in total. The first-order chi connectivity index (χ1) is 9.74. The molecule has 2 rings (SSSR count). The van der Waals surface area contributed by atoms with Gasteiger partial charge in [-0.3, -0.25) is 0 Å². The van der Waals surface area contributed by atoms with Crippen LogP contribution in [0.1, 0.15) is 24.8 Å². The standard InChI is InChI=1S/C15H21ClN2O2/c16-18-10-7-13(8-11-18)6-9-17-15(19)20-12-14-4-2-1-3-5-14/h1-5,13H,6-12H2,(H,17,19). The van der Waals surface area contributed by atoms with Crippen LogP contribution in [0, 0.1) is 5.92 Å². The van der Waals surface area contributed by atoms with E-state index in [1.165, 1.54) is 0 Å². The molecular weight excluding hydrogens is 276 g/mol. The molecule has 1 aliphatic rings. The van der Waals surface area contributed by atoms with Crippen molar-refractivity contribution < 1.29 is 9.53 Å². The van der Waals surface area contributed by atoms with Crippen molar-refractivity contribution in [1.82, 2.24) is 9.74 Å². The van der Waals surface area contributed by atoms with Gasteiger partial charge < -0.3 is 10.1 Å². The Hall–Kier alpha value is -1.26. The summed E-state index contributed by atoms with van der Waals surface area (Å²) in [6.45, 7) is 2.85. The lowest BCUT2D eigenvalue weighted by Gasteiger charge is -2.26. The Morgan fingerprint density at radius 2 is 2.00 bits per heavy atom. The van der Waals surface area contributed by atoms with Gasteiger partial charge in [-0.25, -0.2) is 9.21 Å². The van der Waals surface area contributed by atoms with Crippen molar-refractivity contribution in [2.75, 3.05) is 19.6 Å². The molecule has 1 saturated heterocycles. The molecular formula is C15H21ClN2O2. The van der Waals surface area contributed by atoms with Gasteiger partial charge in [-0.15, -0.1) is 0 Å². The molecule has 0 aliphatic carbocycles. The van der Waals surface area contributed by atoms with Crippen molar-refractivity contribution in [3.05, 3.63) is 35.9 Å². The number of ether oxygens (including phenoxy) is 1. The van der Waals surface area contributed by atoms with Crippen molar-refractivity contribution in [3.8, 4) is 0 Å². The fourth-order valence-corrected chi connectivity index (χ4v) is 2.54. The van der Waals surface area contributed by atoms with E-state index in [0.29, 0.717) is 19.1 Å². The first-order valence-corrected chi connectivity index (χ1v) is 7.43. The Morgan fingerprint density at radius 3 is 2.70 bits per heavy atom. The summed E-state index contributed by atoms with van der Waals surface area (Å²) in [5, 5.41) is 2.80. The average Bonchev–Trinajstić information content (AvgIpc) is 2.48. The topological polar surface area (TPSA) is 41.6 Å². The Kier molecular flexibility index (Phi) is 6.15. The van der Waals surface area contributed by atoms with Gasteiger partial charge in [0.15, 0.2) is 0 Å². The summed E-state index contributed by atoms with van der Waals surface area (Å²) < 4.78 is 6.99. The summed E-state index contributed by atoms with van der Waals surface area (Å²) in [5.41, 5.74) is 0.997. The highest BCUT2D eigenvalue weighted by Crippen LogP contribution is 2.20. The average molecular weight is 297 g/mol. The number of carbonyl (C=O) groups excluding carboxylic acids is 1. The second-order valence-corrected chi connectivity index (χ2v) is 5.61. The van der Waals surface area contributed by atoms with Gasteiger partial charge in [-0.2, -0.15) is 0 Å². The third-order valence-corrected chi connectivity index (χ3v) is 3.93. The molecule has 0 aromatic heterocycles. The van der Waals surface area contributed by atoms with E-state index in [9.17, 15) is 4.79 Å². The number of benzene rings is 1. The van der Waals surface area contributed by atoms with E-state index >= 15 is 0 Å². The van der Waals surface area contributed by atoms with Crippen LogP contribution in [-0.2, 0) is 11.3 Å². The van der Waals surface area contributed by atoms with E-state index in [-0.39, 0.29) is 6.09 Å². The molecule has 1 fully saturated rings. The highest BCUT2D eigenvalue weighted by atomic mass is 35.5. The maximum Gasteiger partial charge on any atom is 0.407 e. The number of piperidine rings is 1. The van der Waals surface area contributed by atoms with Crippen molar-refractivity contribution in [1.29, 1.82) is 0 Å². The highest BCUT2D eigenvalue weighted by molar-refractivity contribution is 6.13. The van der Waals surface area contributed by atoms with E-state index in [4.69, 9.17) is 16.5 Å². The predicted octanol–water partition coefficient (Wildman–Crippen LogP) is 3.17. The van der Waals surface area contributed by atoms with E-state index in [1.54, 1.807) is 0 Å². The van der Waals surface area contributed by atoms with E-state index in [1.807, 2.05) is 34.8 Å². The monoisotopic (exact) mass is 296 g/mol. The molecule has 0 bridgehead atoms. The molecule has 1 heterocycles. The Balaban J connectivity index is 1.56. The van der Waals surface area contributed by atoms with Crippen molar-refractivity contribution >= 4 is 17.9 Å². The Bertz CT molecular complexity index is 406. The SMILES string of the molecule is O=C(NCCC1CCN(Cl)CC1)OCc1ccccc1. The molecule has 1 N–H and O–H groups in total. The zero-order valence-electron chi connectivity index (χ0n) is 11.6. The number of halogens is 1. The van der Waals surface area contributed by atoms with Gasteiger partial charge >= 0.3 is 6.09 Å². The molecule has 0 spiro atoms. The lowest BCUT2D eigenvalue weighted by atomic mass is 9.95. The van der Waals surface area contributed by atoms with Gasteiger partial charge in [-0.1, -0.05) is 30.3 Å². The number of alkyl carbamates (subject to hydrolysis) is 1. The number of nitrogens with zero attached hydrogens (tertiary/aromatic N) is 1. The number of rotatable bonds is 5. The summed E-state index contributed by atoms with van der Waals surface area (Å²) in [6.07, 6.45) is 2.85. The molecule has 0 atom stereocenters. The van der Waals surface area contributed by atoms with Crippen molar-refractivity contribution in [2.45, 2.75) is 25.9 Å². The Labute approximate surface area is 125 Å². The lowest BCUT2D eigenvalue weighted by Crippen LogP contribution is -2.30. The maximum atomic E-state index is 11.5. The number of amides is 1. The second-order valence-electron chi connectivity index (χ2n) is 5.13. The van der Waals surface area contributed by atoms with Crippen LogP contribution < -0.4 is 5.32 Å². The number of nitrogens with one attached hydrogen (secondary N) is 1. The molecule has 0 saturated carbocycles. The minimum Gasteiger partial charge on any atom is -0.445 e. The quantitative estimate of drug-likeness (QED) is 0.849. The summed E-state index contributed by atoms with van der Waals surface area (Å²) in [7, 11) is 0. The molecule has 1 aromatic rings. The summed E-state index contributed by atoms with van der Waals surface area (Å²) >= 11 is 5.91. The number of carbonyl (C=O) groups is 1. The van der Waals surface area contributed by atoms with Gasteiger partial charge in [0.05, 0.1) is 0 Å². The highest BCUT2D eigenvalue weighted by Gasteiger charge is 2.17. The summed E-state index contributed by atoms with van der Waals surface area (Å²) in [4.78, 5) is 11.5. The molecule has 20 heavy (non-hydrogen) atoms. The zero-order valence-corrected chi connectivity index (χ0v) is 12.3. The molecule has 1 amide bonds. The van der Waals surface area contributed by atoms with Gasteiger partial charge in [0.25, 0.3) is 0 Å². The fraction of sp³-hybridized carbons (Fsp3) is 0.533. The van der Waals surface area contributed by atoms with Crippen LogP contribution in [0.25, 0.3) is 0 Å². The molecule has 1 aliphatic heterocycles. The van der Waals surface area contributed by atoms with E-state index < -0.39 is 0 Å². The van der Waals surface area contributed by atoms with Crippen LogP contribution in [-0.4, -0.2) is 30.1 Å². The fourth-order valence-electron chi connectivity index (χ4n) is 2.34. The van der Waals surface area contributed by atoms with Crippen LogP contribution in [0.4, 0.5) is 4.79 Å². The van der Waals surface area contributed by atoms with Gasteiger partial charge in [0, 0.05) is 19.6 Å². The smallest absolute Gasteiger partial charge is 0.407 e. The normalized spacial score (nSPS) is 16.9. The van der Waals surface area contributed by atoms with Crippen LogP contribution >= 0.6 is 11.8 Å². The zero-order chi connectivity index (χ0) is 14.2. The molecule has 1 aromatic carbocycles. The van der Waals surface area contributed by atoms with Gasteiger partial charge in [-0.05, 0) is 42.5 Å². The van der Waals surface area contributed by atoms with Crippen LogP contribution in [0.5, 0.6) is 0 Å². The van der Waals surface area contributed by atoms with Gasteiger partial charge in [0.2, 0.25) is 0 Å². The molecule has 0 radical (unpaired) electrons. The number of hydrogen-bond acceptors (Lipinski definition) is 3. The molecule has 0 unspecified atom stereocenters. The summed E-state index contributed by atoms with van der Waals surface area (Å²) in [6, 6.07) is 9.68. The Morgan fingerprint density at radius 1 is 1.30 bits per heavy atom. The number of hydrogen-bond donors (Lipinski definition) is 1. The maximum absolute atomic E-state index is 11.5. The molecule has 5 heteroatoms. The van der Waals surface area contributed by atoms with Crippen molar-refractivity contribution in [3.63, 3.8) is 0 Å². The third-order valence-electron chi connectivity index (χ3n) is 3.59. The molecule has 110 valence electrons. The minimum absolute atomic E-state index is 0.317. The predicted molar refractivity (Wildman–Crippen MR) is 79.4 cm³/mol. The largest absolute Gasteiger partial charge is 0.445 e. The minimum atomic E-state index is -0.344. The second kappa shape index (κ2) is 8.12. The van der Waals surface area contributed by atoms with Crippen molar-refractivity contribution in [2.24, 2.45) is 5.92 Å². The third kappa shape index (κ3) is 5.39. The van der Waals surface area contributed by atoms with Gasteiger partial charge in [0.1, 0.15) is 6.61 Å². The van der Waals surface area contributed by atoms with Crippen LogP contribution in [0.15, 0.2) is 30.3 Å². The van der Waals surface area contributed by atoms with E-state index in [2.05, 4.69) is 5.32 Å². The first kappa shape index (κ1) is 15.1.